The normalized spacial score (nSPS) is 18.5. The number of Topliss-reactive ketones (excluding diaryl/α,β-unsaturated/α-hetero) is 2. The number of benzene rings is 1. The number of piperidine rings is 1. The molecule has 0 saturated carbocycles. The van der Waals surface area contributed by atoms with Gasteiger partial charge in [-0.15, -0.1) is 0 Å². The van der Waals surface area contributed by atoms with Gasteiger partial charge in [-0.3, -0.25) is 19.3 Å². The largest absolute Gasteiger partial charge is 0.459 e. The van der Waals surface area contributed by atoms with E-state index in [1.54, 1.807) is 18.5 Å². The van der Waals surface area contributed by atoms with E-state index in [0.29, 0.717) is 41.5 Å². The summed E-state index contributed by atoms with van der Waals surface area (Å²) in [6.45, 7) is 9.31. The minimum absolute atomic E-state index is 0.0137. The smallest absolute Gasteiger partial charge is 0.252 e. The fraction of sp³-hybridized carbons (Fsp3) is 0.412. The Hall–Kier alpha value is -4.04. The van der Waals surface area contributed by atoms with E-state index in [4.69, 9.17) is 4.42 Å². The number of likely N-dealkylation sites (tertiary alicyclic amines) is 1. The zero-order chi connectivity index (χ0) is 29.2. The standard InChI is InChI=1S/C34H36N4O4/c1-20-26(19-37-14-10-21(11-15-37)17-36-33(41)22-6-9-27-35-13-16-38(27)18-22)42-32-24-7-8-25-23(5-4-12-34(25,2)3)29(24)31(40)30(39)28(20)32/h6-9,13,16,18,21H,4-5,10-12,14-15,17,19H2,1-3H3,(H,36,41). The summed E-state index contributed by atoms with van der Waals surface area (Å²) in [5.41, 5.74) is 6.16. The van der Waals surface area contributed by atoms with Crippen molar-refractivity contribution >= 4 is 23.1 Å². The highest BCUT2D eigenvalue weighted by atomic mass is 16.3. The summed E-state index contributed by atoms with van der Waals surface area (Å²) in [5.74, 6) is 0.802. The van der Waals surface area contributed by atoms with E-state index in [-0.39, 0.29) is 11.3 Å². The Labute approximate surface area is 245 Å². The quantitative estimate of drug-likeness (QED) is 0.320. The van der Waals surface area contributed by atoms with Gasteiger partial charge in [0.05, 0.1) is 17.7 Å². The van der Waals surface area contributed by atoms with Gasteiger partial charge in [0.25, 0.3) is 5.91 Å². The lowest BCUT2D eigenvalue weighted by Gasteiger charge is -2.34. The van der Waals surface area contributed by atoms with Crippen LogP contribution in [0.25, 0.3) is 17.0 Å². The second kappa shape index (κ2) is 10.1. The SMILES string of the molecule is Cc1c(CN2CCC(CNC(=O)c3ccc4nccn4c3)CC2)oc2c1C(=O)C(=O)c1c-2ccc2c1CCCC2(C)C. The Morgan fingerprint density at radius 3 is 2.69 bits per heavy atom. The number of nitrogens with zero attached hydrogens (tertiary/aromatic N) is 3. The van der Waals surface area contributed by atoms with Crippen LogP contribution in [0.5, 0.6) is 0 Å². The van der Waals surface area contributed by atoms with Crippen molar-refractivity contribution < 1.29 is 18.8 Å². The Balaban J connectivity index is 1.03. The highest BCUT2D eigenvalue weighted by Crippen LogP contribution is 2.45. The van der Waals surface area contributed by atoms with E-state index >= 15 is 0 Å². The van der Waals surface area contributed by atoms with Crippen LogP contribution in [-0.2, 0) is 18.4 Å². The van der Waals surface area contributed by atoms with E-state index in [1.807, 2.05) is 29.7 Å². The van der Waals surface area contributed by atoms with E-state index < -0.39 is 11.6 Å². The van der Waals surface area contributed by atoms with Gasteiger partial charge in [-0.25, -0.2) is 4.98 Å². The van der Waals surface area contributed by atoms with Crippen molar-refractivity contribution in [2.24, 2.45) is 5.92 Å². The molecule has 8 heteroatoms. The molecular formula is C34H36N4O4. The van der Waals surface area contributed by atoms with E-state index in [1.165, 1.54) is 5.56 Å². The minimum Gasteiger partial charge on any atom is -0.459 e. The second-order valence-electron chi connectivity index (χ2n) is 12.8. The number of rotatable bonds is 5. The van der Waals surface area contributed by atoms with Gasteiger partial charge in [-0.2, -0.15) is 0 Å². The lowest BCUT2D eigenvalue weighted by molar-refractivity contribution is 0.0813. The molecule has 0 unspecified atom stereocenters. The van der Waals surface area contributed by atoms with E-state index in [2.05, 4.69) is 35.1 Å². The molecule has 216 valence electrons. The topological polar surface area (TPSA) is 96.9 Å². The van der Waals surface area contributed by atoms with Crippen molar-refractivity contribution in [3.05, 3.63) is 82.0 Å². The molecule has 42 heavy (non-hydrogen) atoms. The molecule has 0 atom stereocenters. The maximum Gasteiger partial charge on any atom is 0.252 e. The molecule has 3 aliphatic rings. The first-order chi connectivity index (χ1) is 20.2. The first-order valence-corrected chi connectivity index (χ1v) is 15.0. The first-order valence-electron chi connectivity index (χ1n) is 15.0. The summed E-state index contributed by atoms with van der Waals surface area (Å²) >= 11 is 0. The summed E-state index contributed by atoms with van der Waals surface area (Å²) in [4.78, 5) is 46.2. The van der Waals surface area contributed by atoms with E-state index in [0.717, 1.165) is 73.3 Å². The number of hydrogen-bond donors (Lipinski definition) is 1. The molecule has 1 aromatic carbocycles. The van der Waals surface area contributed by atoms with Crippen LogP contribution in [0, 0.1) is 12.8 Å². The predicted octanol–water partition coefficient (Wildman–Crippen LogP) is 5.54. The van der Waals surface area contributed by atoms with Crippen LogP contribution in [0.1, 0.15) is 93.1 Å². The second-order valence-corrected chi connectivity index (χ2v) is 12.8. The molecule has 3 aromatic heterocycles. The van der Waals surface area contributed by atoms with Crippen molar-refractivity contribution in [3.8, 4) is 11.3 Å². The lowest BCUT2D eigenvalue weighted by Crippen LogP contribution is -2.38. The number of ketones is 2. The Bertz CT molecular complexity index is 1750. The summed E-state index contributed by atoms with van der Waals surface area (Å²) < 4.78 is 8.27. The highest BCUT2D eigenvalue weighted by Gasteiger charge is 2.40. The highest BCUT2D eigenvalue weighted by molar-refractivity contribution is 6.53. The van der Waals surface area contributed by atoms with Crippen molar-refractivity contribution in [2.45, 2.75) is 64.8 Å². The molecule has 2 aliphatic carbocycles. The average molecular weight is 565 g/mol. The van der Waals surface area contributed by atoms with Crippen LogP contribution in [-0.4, -0.2) is 51.4 Å². The zero-order valence-corrected chi connectivity index (χ0v) is 24.5. The van der Waals surface area contributed by atoms with Gasteiger partial charge in [-0.1, -0.05) is 26.0 Å². The molecule has 1 saturated heterocycles. The van der Waals surface area contributed by atoms with Crippen LogP contribution in [0.3, 0.4) is 0 Å². The van der Waals surface area contributed by atoms with Crippen LogP contribution in [0.2, 0.25) is 0 Å². The van der Waals surface area contributed by atoms with Crippen LogP contribution >= 0.6 is 0 Å². The molecule has 1 amide bonds. The van der Waals surface area contributed by atoms with Gasteiger partial charge < -0.3 is 14.1 Å². The third-order valence-electron chi connectivity index (χ3n) is 9.70. The molecule has 0 bridgehead atoms. The number of hydrogen-bond acceptors (Lipinski definition) is 6. The molecule has 1 aliphatic heterocycles. The average Bonchev–Trinajstić information content (AvgIpc) is 3.58. The van der Waals surface area contributed by atoms with Gasteiger partial charge >= 0.3 is 0 Å². The minimum atomic E-state index is -0.441. The van der Waals surface area contributed by atoms with Crippen LogP contribution in [0.15, 0.2) is 47.3 Å². The molecule has 1 N–H and O–H groups in total. The summed E-state index contributed by atoms with van der Waals surface area (Å²) in [5, 5.41) is 3.10. The molecule has 0 radical (unpaired) electrons. The number of nitrogens with one attached hydrogen (secondary N) is 1. The van der Waals surface area contributed by atoms with E-state index in [9.17, 15) is 14.4 Å². The van der Waals surface area contributed by atoms with Crippen molar-refractivity contribution in [2.75, 3.05) is 19.6 Å². The summed E-state index contributed by atoms with van der Waals surface area (Å²) in [7, 11) is 0. The third-order valence-corrected chi connectivity index (χ3v) is 9.70. The van der Waals surface area contributed by atoms with Gasteiger partial charge in [-0.05, 0) is 86.7 Å². The molecule has 0 spiro atoms. The number of pyridine rings is 1. The predicted molar refractivity (Wildman–Crippen MR) is 159 cm³/mol. The van der Waals surface area contributed by atoms with Crippen LogP contribution in [0.4, 0.5) is 0 Å². The molecule has 7 rings (SSSR count). The van der Waals surface area contributed by atoms with Gasteiger partial charge in [0, 0.05) is 41.8 Å². The maximum atomic E-state index is 13.5. The number of imidazole rings is 1. The number of carbonyl (C=O) groups is 3. The van der Waals surface area contributed by atoms with Crippen molar-refractivity contribution in [1.82, 2.24) is 19.6 Å². The number of aromatic nitrogens is 2. The Kier molecular flexibility index (Phi) is 6.42. The fourth-order valence-electron chi connectivity index (χ4n) is 7.18. The fourth-order valence-corrected chi connectivity index (χ4v) is 7.18. The number of amides is 1. The number of furan rings is 1. The van der Waals surface area contributed by atoms with Gasteiger partial charge in [0.1, 0.15) is 17.2 Å². The lowest BCUT2D eigenvalue weighted by atomic mass is 9.69. The molecular weight excluding hydrogens is 528 g/mol. The Morgan fingerprint density at radius 1 is 1.10 bits per heavy atom. The number of carbonyl (C=O) groups excluding carboxylic acids is 3. The molecule has 8 nitrogen and oxygen atoms in total. The number of fused-ring (bicyclic) bond motifs is 6. The molecule has 1 fully saturated rings. The van der Waals surface area contributed by atoms with Gasteiger partial charge in [0.15, 0.2) is 0 Å². The van der Waals surface area contributed by atoms with Crippen molar-refractivity contribution in [1.29, 1.82) is 0 Å². The first kappa shape index (κ1) is 26.8. The summed E-state index contributed by atoms with van der Waals surface area (Å²) in [6.07, 6.45) is 10.2. The zero-order valence-electron chi connectivity index (χ0n) is 24.5. The Morgan fingerprint density at radius 2 is 1.88 bits per heavy atom. The van der Waals surface area contributed by atoms with Gasteiger partial charge in [0.2, 0.25) is 11.6 Å². The third kappa shape index (κ3) is 4.40. The van der Waals surface area contributed by atoms with Crippen LogP contribution < -0.4 is 5.32 Å². The van der Waals surface area contributed by atoms with Crippen molar-refractivity contribution in [3.63, 3.8) is 0 Å². The molecule has 4 heterocycles. The maximum absolute atomic E-state index is 13.5. The monoisotopic (exact) mass is 564 g/mol. The summed E-state index contributed by atoms with van der Waals surface area (Å²) in [6, 6.07) is 7.78. The molecule has 4 aromatic rings.